The van der Waals surface area contributed by atoms with E-state index in [4.69, 9.17) is 10.00 Å². The number of hydrogen-bond donors (Lipinski definition) is 0. The molecule has 0 atom stereocenters. The summed E-state index contributed by atoms with van der Waals surface area (Å²) in [6.45, 7) is 0.729. The van der Waals surface area contributed by atoms with Gasteiger partial charge < -0.3 is 9.64 Å². The fraction of sp³-hybridized carbons (Fsp3) is 0.222. The average Bonchev–Trinajstić information content (AvgIpc) is 2.59. The van der Waals surface area contributed by atoms with Gasteiger partial charge in [-0.05, 0) is 48.7 Å². The summed E-state index contributed by atoms with van der Waals surface area (Å²) in [7, 11) is 0. The highest BCUT2D eigenvalue weighted by atomic mass is 16.5. The van der Waals surface area contributed by atoms with Crippen molar-refractivity contribution in [3.05, 3.63) is 59.7 Å². The van der Waals surface area contributed by atoms with E-state index < -0.39 is 0 Å². The van der Waals surface area contributed by atoms with E-state index in [-0.39, 0.29) is 12.5 Å². The van der Waals surface area contributed by atoms with Crippen LogP contribution in [0.1, 0.15) is 17.5 Å². The van der Waals surface area contributed by atoms with Crippen molar-refractivity contribution in [2.75, 3.05) is 18.1 Å². The Morgan fingerprint density at radius 3 is 2.73 bits per heavy atom. The van der Waals surface area contributed by atoms with Gasteiger partial charge in [0.2, 0.25) is 0 Å². The van der Waals surface area contributed by atoms with Crippen molar-refractivity contribution in [1.29, 1.82) is 5.26 Å². The monoisotopic (exact) mass is 292 g/mol. The summed E-state index contributed by atoms with van der Waals surface area (Å²) in [5.74, 6) is 0.550. The minimum atomic E-state index is -0.0449. The Hall–Kier alpha value is -2.80. The third-order valence-corrected chi connectivity index (χ3v) is 3.76. The molecule has 0 bridgehead atoms. The molecule has 3 rings (SSSR count). The number of para-hydroxylation sites is 1. The molecule has 4 heteroatoms. The lowest BCUT2D eigenvalue weighted by atomic mass is 10.0. The van der Waals surface area contributed by atoms with Crippen molar-refractivity contribution in [1.82, 2.24) is 0 Å². The van der Waals surface area contributed by atoms with Gasteiger partial charge in [0.05, 0.1) is 11.6 Å². The highest BCUT2D eigenvalue weighted by molar-refractivity contribution is 5.95. The molecule has 2 aromatic carbocycles. The van der Waals surface area contributed by atoms with Gasteiger partial charge in [0.1, 0.15) is 5.75 Å². The zero-order valence-corrected chi connectivity index (χ0v) is 12.2. The number of anilines is 1. The zero-order valence-electron chi connectivity index (χ0n) is 12.2. The van der Waals surface area contributed by atoms with Gasteiger partial charge in [0, 0.05) is 12.2 Å². The van der Waals surface area contributed by atoms with Crippen molar-refractivity contribution >= 4 is 11.6 Å². The summed E-state index contributed by atoms with van der Waals surface area (Å²) in [6.07, 6.45) is 1.98. The Labute approximate surface area is 129 Å². The van der Waals surface area contributed by atoms with Gasteiger partial charge in [0.25, 0.3) is 5.91 Å². The molecule has 0 spiro atoms. The van der Waals surface area contributed by atoms with Crippen LogP contribution in [0.15, 0.2) is 48.5 Å². The Kier molecular flexibility index (Phi) is 4.06. The molecule has 0 N–H and O–H groups in total. The smallest absolute Gasteiger partial charge is 0.264 e. The highest BCUT2D eigenvalue weighted by Gasteiger charge is 2.22. The molecule has 22 heavy (non-hydrogen) atoms. The van der Waals surface area contributed by atoms with Gasteiger partial charge in [-0.15, -0.1) is 0 Å². The van der Waals surface area contributed by atoms with Crippen molar-refractivity contribution in [2.45, 2.75) is 12.8 Å². The fourth-order valence-electron chi connectivity index (χ4n) is 2.64. The number of fused-ring (bicyclic) bond motifs is 1. The number of benzene rings is 2. The predicted molar refractivity (Wildman–Crippen MR) is 83.8 cm³/mol. The van der Waals surface area contributed by atoms with Crippen LogP contribution in [0.4, 0.5) is 5.69 Å². The van der Waals surface area contributed by atoms with E-state index in [9.17, 15) is 4.79 Å². The number of nitriles is 1. The second-order valence-corrected chi connectivity index (χ2v) is 5.20. The van der Waals surface area contributed by atoms with E-state index in [0.717, 1.165) is 25.1 Å². The van der Waals surface area contributed by atoms with Crippen LogP contribution in [0.3, 0.4) is 0 Å². The van der Waals surface area contributed by atoms with Crippen molar-refractivity contribution in [3.63, 3.8) is 0 Å². The third kappa shape index (κ3) is 2.94. The first-order chi connectivity index (χ1) is 10.8. The van der Waals surface area contributed by atoms with E-state index in [1.807, 2.05) is 18.2 Å². The molecular formula is C18H16N2O2. The molecule has 0 radical (unpaired) electrons. The standard InChI is InChI=1S/C18H16N2O2/c19-12-14-7-9-16(10-8-14)22-13-18(21)20-11-3-5-15-4-1-2-6-17(15)20/h1-2,4,6-10H,3,5,11,13H2. The Morgan fingerprint density at radius 1 is 1.18 bits per heavy atom. The summed E-state index contributed by atoms with van der Waals surface area (Å²) in [4.78, 5) is 14.2. The van der Waals surface area contributed by atoms with Crippen molar-refractivity contribution < 1.29 is 9.53 Å². The van der Waals surface area contributed by atoms with Crippen LogP contribution in [-0.4, -0.2) is 19.1 Å². The molecule has 0 aliphatic carbocycles. The molecular weight excluding hydrogens is 276 g/mol. The van der Waals surface area contributed by atoms with E-state index in [0.29, 0.717) is 11.3 Å². The average molecular weight is 292 g/mol. The van der Waals surface area contributed by atoms with Crippen LogP contribution in [0.5, 0.6) is 5.75 Å². The van der Waals surface area contributed by atoms with Gasteiger partial charge in [-0.25, -0.2) is 0 Å². The summed E-state index contributed by atoms with van der Waals surface area (Å²) in [6, 6.07) is 16.8. The first kappa shape index (κ1) is 14.2. The molecule has 0 unspecified atom stereocenters. The lowest BCUT2D eigenvalue weighted by Gasteiger charge is -2.29. The SMILES string of the molecule is N#Cc1ccc(OCC(=O)N2CCCc3ccccc32)cc1. The molecule has 110 valence electrons. The van der Waals surface area contributed by atoms with Crippen molar-refractivity contribution in [3.8, 4) is 11.8 Å². The summed E-state index contributed by atoms with van der Waals surface area (Å²) in [5, 5.41) is 8.76. The quantitative estimate of drug-likeness (QED) is 0.874. The molecule has 0 aromatic heterocycles. The molecule has 0 saturated heterocycles. The van der Waals surface area contributed by atoms with Gasteiger partial charge in [-0.2, -0.15) is 5.26 Å². The minimum absolute atomic E-state index is 0.000233. The highest BCUT2D eigenvalue weighted by Crippen LogP contribution is 2.26. The maximum absolute atomic E-state index is 12.4. The molecule has 1 amide bonds. The van der Waals surface area contributed by atoms with E-state index in [2.05, 4.69) is 12.1 Å². The molecule has 2 aromatic rings. The van der Waals surface area contributed by atoms with Gasteiger partial charge in [-0.1, -0.05) is 18.2 Å². The van der Waals surface area contributed by atoms with E-state index in [1.165, 1.54) is 5.56 Å². The van der Waals surface area contributed by atoms with Gasteiger partial charge in [-0.3, -0.25) is 4.79 Å². The van der Waals surface area contributed by atoms with Crippen LogP contribution in [0, 0.1) is 11.3 Å². The number of carbonyl (C=O) groups excluding carboxylic acids is 1. The van der Waals surface area contributed by atoms with Crippen LogP contribution in [0.2, 0.25) is 0 Å². The first-order valence-electron chi connectivity index (χ1n) is 7.29. The third-order valence-electron chi connectivity index (χ3n) is 3.76. The van der Waals surface area contributed by atoms with Crippen LogP contribution >= 0.6 is 0 Å². The number of carbonyl (C=O) groups is 1. The number of ether oxygens (including phenoxy) is 1. The number of amides is 1. The minimum Gasteiger partial charge on any atom is -0.484 e. The molecule has 4 nitrogen and oxygen atoms in total. The lowest BCUT2D eigenvalue weighted by molar-refractivity contribution is -0.120. The molecule has 0 fully saturated rings. The number of rotatable bonds is 3. The van der Waals surface area contributed by atoms with Gasteiger partial charge >= 0.3 is 0 Å². The largest absolute Gasteiger partial charge is 0.484 e. The molecule has 1 heterocycles. The summed E-state index contributed by atoms with van der Waals surface area (Å²) < 4.78 is 5.53. The van der Waals surface area contributed by atoms with Crippen LogP contribution < -0.4 is 9.64 Å². The molecule has 0 saturated carbocycles. The lowest BCUT2D eigenvalue weighted by Crippen LogP contribution is -2.38. The fourth-order valence-corrected chi connectivity index (χ4v) is 2.64. The number of nitrogens with zero attached hydrogens (tertiary/aromatic N) is 2. The van der Waals surface area contributed by atoms with E-state index in [1.54, 1.807) is 29.2 Å². The Bertz CT molecular complexity index is 717. The van der Waals surface area contributed by atoms with Crippen LogP contribution in [-0.2, 0) is 11.2 Å². The second-order valence-electron chi connectivity index (χ2n) is 5.20. The first-order valence-corrected chi connectivity index (χ1v) is 7.29. The summed E-state index contributed by atoms with van der Waals surface area (Å²) >= 11 is 0. The number of aryl methyl sites for hydroxylation is 1. The maximum atomic E-state index is 12.4. The zero-order chi connectivity index (χ0) is 15.4. The number of hydrogen-bond acceptors (Lipinski definition) is 3. The van der Waals surface area contributed by atoms with Crippen LogP contribution in [0.25, 0.3) is 0 Å². The Morgan fingerprint density at radius 2 is 1.95 bits per heavy atom. The molecule has 1 aliphatic rings. The molecule has 1 aliphatic heterocycles. The van der Waals surface area contributed by atoms with E-state index >= 15 is 0 Å². The second kappa shape index (κ2) is 6.31. The predicted octanol–water partition coefficient (Wildman–Crippen LogP) is 2.92. The normalized spacial score (nSPS) is 13.1. The topological polar surface area (TPSA) is 53.3 Å². The van der Waals surface area contributed by atoms with Gasteiger partial charge in [0.15, 0.2) is 6.61 Å². The Balaban J connectivity index is 1.66. The summed E-state index contributed by atoms with van der Waals surface area (Å²) in [5.41, 5.74) is 2.77. The van der Waals surface area contributed by atoms with Crippen molar-refractivity contribution in [2.24, 2.45) is 0 Å². The maximum Gasteiger partial charge on any atom is 0.264 e.